The Bertz CT molecular complexity index is 1230. The lowest BCUT2D eigenvalue weighted by molar-refractivity contribution is -0.125. The minimum absolute atomic E-state index is 0. The van der Waals surface area contributed by atoms with E-state index in [1.807, 2.05) is 25.1 Å². The van der Waals surface area contributed by atoms with Gasteiger partial charge in [-0.15, -0.1) is 12.4 Å². The van der Waals surface area contributed by atoms with E-state index in [9.17, 15) is 9.59 Å². The van der Waals surface area contributed by atoms with Gasteiger partial charge in [0, 0.05) is 38.0 Å². The summed E-state index contributed by atoms with van der Waals surface area (Å²) in [5.41, 5.74) is 5.37. The lowest BCUT2D eigenvalue weighted by Crippen LogP contribution is -2.26. The van der Waals surface area contributed by atoms with Gasteiger partial charge in [0.05, 0.1) is 6.54 Å². The van der Waals surface area contributed by atoms with Crippen molar-refractivity contribution in [3.05, 3.63) is 76.5 Å². The maximum atomic E-state index is 12.8. The summed E-state index contributed by atoms with van der Waals surface area (Å²) in [6.45, 7) is 5.72. The molecule has 4 rings (SSSR count). The molecule has 1 aliphatic rings. The van der Waals surface area contributed by atoms with Gasteiger partial charge in [-0.3, -0.25) is 14.5 Å². The molecule has 0 bridgehead atoms. The van der Waals surface area contributed by atoms with Crippen LogP contribution >= 0.6 is 12.4 Å². The molecule has 3 aromatic rings. The smallest absolute Gasteiger partial charge is 0.246 e. The molecule has 0 saturated heterocycles. The number of amides is 2. The average molecular weight is 465 g/mol. The fourth-order valence-electron chi connectivity index (χ4n) is 4.24. The van der Waals surface area contributed by atoms with Crippen LogP contribution < -0.4 is 5.32 Å². The number of nitrogens with one attached hydrogen (secondary N) is 1. The van der Waals surface area contributed by atoms with E-state index >= 15 is 0 Å². The van der Waals surface area contributed by atoms with Crippen LogP contribution in [-0.2, 0) is 22.7 Å². The molecule has 1 N–H and O–H groups in total. The van der Waals surface area contributed by atoms with Crippen molar-refractivity contribution in [1.29, 1.82) is 0 Å². The SMILES string of the molecule is Cc1cccc2c(CN(C)C(=O)/C=C/c3cnc4c(c3)CN(C)CC(=O)N4)ccc(C)c12.Cl. The molecule has 7 heteroatoms. The fraction of sp³-hybridized carbons (Fsp3) is 0.269. The van der Waals surface area contributed by atoms with Crippen molar-refractivity contribution in [3.63, 3.8) is 0 Å². The Balaban J connectivity index is 0.00000306. The number of fused-ring (bicyclic) bond motifs is 2. The van der Waals surface area contributed by atoms with Crippen LogP contribution in [0.3, 0.4) is 0 Å². The van der Waals surface area contributed by atoms with E-state index in [-0.39, 0.29) is 24.2 Å². The van der Waals surface area contributed by atoms with Crippen LogP contribution in [0.25, 0.3) is 16.8 Å². The summed E-state index contributed by atoms with van der Waals surface area (Å²) in [6, 6.07) is 12.5. The second-order valence-corrected chi connectivity index (χ2v) is 8.56. The first-order chi connectivity index (χ1) is 15.3. The molecule has 2 aromatic carbocycles. The number of halogens is 1. The Morgan fingerprint density at radius 1 is 1.18 bits per heavy atom. The summed E-state index contributed by atoms with van der Waals surface area (Å²) in [6.07, 6.45) is 5.02. The van der Waals surface area contributed by atoms with Gasteiger partial charge in [0.1, 0.15) is 5.82 Å². The van der Waals surface area contributed by atoms with E-state index in [2.05, 4.69) is 54.5 Å². The van der Waals surface area contributed by atoms with E-state index < -0.39 is 0 Å². The number of hydrogen-bond donors (Lipinski definition) is 1. The molecular weight excluding hydrogens is 436 g/mol. The zero-order valence-electron chi connectivity index (χ0n) is 19.4. The minimum atomic E-state index is -0.0771. The fourth-order valence-corrected chi connectivity index (χ4v) is 4.24. The number of benzene rings is 2. The Kier molecular flexibility index (Phi) is 7.51. The minimum Gasteiger partial charge on any atom is -0.338 e. The standard InChI is InChI=1S/C26H28N4O2.ClH/c1-17-6-5-7-22-20(10-8-18(2)25(17)22)15-30(4)24(32)11-9-19-12-21-14-29(3)16-23(31)28-26(21)27-13-19;/h5-13H,14-16H2,1-4H3,(H,27,28,31);1H/b11-9+;. The number of aromatic nitrogens is 1. The molecule has 0 spiro atoms. The van der Waals surface area contributed by atoms with E-state index in [0.717, 1.165) is 16.7 Å². The van der Waals surface area contributed by atoms with E-state index in [1.54, 1.807) is 23.2 Å². The first kappa shape index (κ1) is 24.4. The Hall–Kier alpha value is -3.22. The zero-order valence-corrected chi connectivity index (χ0v) is 20.2. The maximum Gasteiger partial charge on any atom is 0.246 e. The monoisotopic (exact) mass is 464 g/mol. The third-order valence-electron chi connectivity index (χ3n) is 5.85. The first-order valence-electron chi connectivity index (χ1n) is 10.7. The Labute approximate surface area is 200 Å². The molecule has 1 aliphatic heterocycles. The predicted octanol–water partition coefficient (Wildman–Crippen LogP) is 4.33. The molecule has 0 atom stereocenters. The van der Waals surface area contributed by atoms with Crippen LogP contribution in [0.15, 0.2) is 48.7 Å². The summed E-state index contributed by atoms with van der Waals surface area (Å²) < 4.78 is 0. The van der Waals surface area contributed by atoms with Gasteiger partial charge in [-0.1, -0.05) is 30.3 Å². The van der Waals surface area contributed by atoms with Gasteiger partial charge in [0.15, 0.2) is 0 Å². The average Bonchev–Trinajstić information content (AvgIpc) is 2.89. The molecule has 2 heterocycles. The molecule has 172 valence electrons. The molecule has 1 aromatic heterocycles. The number of carbonyl (C=O) groups excluding carboxylic acids is 2. The van der Waals surface area contributed by atoms with Crippen molar-refractivity contribution in [2.75, 3.05) is 26.0 Å². The Morgan fingerprint density at radius 2 is 1.94 bits per heavy atom. The van der Waals surface area contributed by atoms with Gasteiger partial charge < -0.3 is 10.2 Å². The second kappa shape index (κ2) is 10.1. The molecule has 2 amide bonds. The van der Waals surface area contributed by atoms with Crippen LogP contribution in [0.5, 0.6) is 0 Å². The molecule has 0 unspecified atom stereocenters. The van der Waals surface area contributed by atoms with Gasteiger partial charge in [0.25, 0.3) is 0 Å². The molecule has 0 radical (unpaired) electrons. The number of pyridine rings is 1. The van der Waals surface area contributed by atoms with Crippen molar-refractivity contribution < 1.29 is 9.59 Å². The Morgan fingerprint density at radius 3 is 2.73 bits per heavy atom. The van der Waals surface area contributed by atoms with Crippen molar-refractivity contribution in [2.24, 2.45) is 0 Å². The van der Waals surface area contributed by atoms with Crippen LogP contribution in [0.1, 0.15) is 27.8 Å². The summed E-state index contributed by atoms with van der Waals surface area (Å²) in [4.78, 5) is 32.6. The van der Waals surface area contributed by atoms with Crippen molar-refractivity contribution in [2.45, 2.75) is 26.9 Å². The normalized spacial score (nSPS) is 13.9. The molecular formula is C26H29ClN4O2. The largest absolute Gasteiger partial charge is 0.338 e. The lowest BCUT2D eigenvalue weighted by Gasteiger charge is -2.18. The van der Waals surface area contributed by atoms with Crippen molar-refractivity contribution in [3.8, 4) is 0 Å². The molecule has 6 nitrogen and oxygen atoms in total. The highest BCUT2D eigenvalue weighted by Gasteiger charge is 2.17. The third-order valence-corrected chi connectivity index (χ3v) is 5.85. The van der Waals surface area contributed by atoms with Crippen LogP contribution in [-0.4, -0.2) is 47.2 Å². The highest BCUT2D eigenvalue weighted by molar-refractivity contribution is 5.94. The summed E-state index contributed by atoms with van der Waals surface area (Å²) in [7, 11) is 3.71. The second-order valence-electron chi connectivity index (χ2n) is 8.56. The predicted molar refractivity (Wildman–Crippen MR) is 135 cm³/mol. The van der Waals surface area contributed by atoms with Crippen molar-refractivity contribution in [1.82, 2.24) is 14.8 Å². The molecule has 33 heavy (non-hydrogen) atoms. The van der Waals surface area contributed by atoms with Crippen LogP contribution in [0.2, 0.25) is 0 Å². The highest BCUT2D eigenvalue weighted by Crippen LogP contribution is 2.26. The molecule has 0 fully saturated rings. The van der Waals surface area contributed by atoms with Gasteiger partial charge in [0.2, 0.25) is 11.8 Å². The summed E-state index contributed by atoms with van der Waals surface area (Å²) in [5, 5.41) is 5.27. The van der Waals surface area contributed by atoms with Gasteiger partial charge in [-0.05, 0) is 66.1 Å². The number of carbonyl (C=O) groups is 2. The highest BCUT2D eigenvalue weighted by atomic mass is 35.5. The van der Waals surface area contributed by atoms with Gasteiger partial charge >= 0.3 is 0 Å². The molecule has 0 saturated carbocycles. The first-order valence-corrected chi connectivity index (χ1v) is 10.7. The number of hydrogen-bond acceptors (Lipinski definition) is 4. The number of likely N-dealkylation sites (N-methyl/N-ethyl adjacent to an activating group) is 2. The number of anilines is 1. The maximum absolute atomic E-state index is 12.8. The van der Waals surface area contributed by atoms with Crippen LogP contribution in [0, 0.1) is 13.8 Å². The van der Waals surface area contributed by atoms with E-state index in [0.29, 0.717) is 25.5 Å². The van der Waals surface area contributed by atoms with Gasteiger partial charge in [-0.25, -0.2) is 4.98 Å². The topological polar surface area (TPSA) is 65.5 Å². The number of nitrogens with zero attached hydrogens (tertiary/aromatic N) is 3. The van der Waals surface area contributed by atoms with Crippen LogP contribution in [0.4, 0.5) is 5.82 Å². The summed E-state index contributed by atoms with van der Waals surface area (Å²) in [5.74, 6) is 0.436. The number of aryl methyl sites for hydroxylation is 2. The zero-order chi connectivity index (χ0) is 22.8. The quantitative estimate of drug-likeness (QED) is 0.584. The number of rotatable bonds is 4. The van der Waals surface area contributed by atoms with Crippen molar-refractivity contribution >= 4 is 46.9 Å². The van der Waals surface area contributed by atoms with E-state index in [1.165, 1.54) is 21.9 Å². The lowest BCUT2D eigenvalue weighted by atomic mass is 9.96. The van der Waals surface area contributed by atoms with Gasteiger partial charge in [-0.2, -0.15) is 0 Å². The third kappa shape index (κ3) is 5.41. The molecule has 0 aliphatic carbocycles. The summed E-state index contributed by atoms with van der Waals surface area (Å²) >= 11 is 0. The van der Waals surface area contributed by atoms with E-state index in [4.69, 9.17) is 0 Å².